The van der Waals surface area contributed by atoms with E-state index in [1.807, 2.05) is 0 Å². The Morgan fingerprint density at radius 2 is 2.21 bits per heavy atom. The summed E-state index contributed by atoms with van der Waals surface area (Å²) in [6.45, 7) is 0.684. The first-order chi connectivity index (χ1) is 8.97. The fourth-order valence-electron chi connectivity index (χ4n) is 2.14. The van der Waals surface area contributed by atoms with E-state index < -0.39 is 17.7 Å². The van der Waals surface area contributed by atoms with Gasteiger partial charge in [-0.3, -0.25) is 9.59 Å². The van der Waals surface area contributed by atoms with Gasteiger partial charge in [-0.1, -0.05) is 15.9 Å². The summed E-state index contributed by atoms with van der Waals surface area (Å²) < 4.78 is 13.8. The molecule has 2 rings (SSSR count). The zero-order chi connectivity index (χ0) is 14.0. The maximum Gasteiger partial charge on any atom is 0.308 e. The zero-order valence-electron chi connectivity index (χ0n) is 10.1. The van der Waals surface area contributed by atoms with Gasteiger partial charge in [0, 0.05) is 17.6 Å². The minimum absolute atomic E-state index is 0.0741. The van der Waals surface area contributed by atoms with Gasteiger partial charge in [-0.05, 0) is 30.2 Å². The van der Waals surface area contributed by atoms with Crippen LogP contribution in [0.25, 0.3) is 0 Å². The van der Waals surface area contributed by atoms with Gasteiger partial charge in [0.1, 0.15) is 5.82 Å². The first-order valence-corrected chi connectivity index (χ1v) is 6.71. The number of halogens is 2. The van der Waals surface area contributed by atoms with Crippen molar-refractivity contribution in [1.29, 1.82) is 0 Å². The Morgan fingerprint density at radius 1 is 1.47 bits per heavy atom. The first-order valence-electron chi connectivity index (χ1n) is 5.92. The number of carboxylic acids is 1. The topological polar surface area (TPSA) is 57.6 Å². The number of hydrogen-bond acceptors (Lipinski definition) is 2. The molecule has 1 aromatic carbocycles. The van der Waals surface area contributed by atoms with Gasteiger partial charge in [0.2, 0.25) is 5.91 Å². The molecule has 1 aliphatic heterocycles. The summed E-state index contributed by atoms with van der Waals surface area (Å²) >= 11 is 3.27. The van der Waals surface area contributed by atoms with Crippen molar-refractivity contribution in [3.8, 4) is 0 Å². The number of likely N-dealkylation sites (tertiary alicyclic amines) is 1. The summed E-state index contributed by atoms with van der Waals surface area (Å²) in [4.78, 5) is 24.4. The molecule has 0 bridgehead atoms. The van der Waals surface area contributed by atoms with Gasteiger partial charge in [0.25, 0.3) is 0 Å². The summed E-state index contributed by atoms with van der Waals surface area (Å²) in [6.07, 6.45) is 0.552. The highest BCUT2D eigenvalue weighted by atomic mass is 79.9. The lowest BCUT2D eigenvalue weighted by Gasteiger charge is -2.16. The molecule has 1 aromatic rings. The van der Waals surface area contributed by atoms with Gasteiger partial charge in [0.05, 0.1) is 12.3 Å². The normalized spacial score (nSPS) is 18.6. The van der Waals surface area contributed by atoms with E-state index in [0.717, 1.165) is 0 Å². The van der Waals surface area contributed by atoms with Crippen LogP contribution < -0.4 is 0 Å². The molecule has 1 unspecified atom stereocenters. The van der Waals surface area contributed by atoms with Gasteiger partial charge in [-0.2, -0.15) is 0 Å². The highest BCUT2D eigenvalue weighted by Crippen LogP contribution is 2.21. The number of rotatable bonds is 3. The zero-order valence-corrected chi connectivity index (χ0v) is 11.7. The van der Waals surface area contributed by atoms with E-state index in [2.05, 4.69) is 15.9 Å². The molecule has 0 aromatic heterocycles. The molecule has 1 fully saturated rings. The van der Waals surface area contributed by atoms with Crippen LogP contribution >= 0.6 is 15.9 Å². The summed E-state index contributed by atoms with van der Waals surface area (Å²) in [6, 6.07) is 4.18. The summed E-state index contributed by atoms with van der Waals surface area (Å²) in [5.74, 6) is -1.92. The van der Waals surface area contributed by atoms with Crippen LogP contribution in [0.15, 0.2) is 22.7 Å². The smallest absolute Gasteiger partial charge is 0.308 e. The number of amides is 1. The number of carboxylic acid groups (broad SMARTS) is 1. The number of hydrogen-bond donors (Lipinski definition) is 1. The Hall–Kier alpha value is -1.43. The van der Waals surface area contributed by atoms with E-state index in [1.54, 1.807) is 6.07 Å². The van der Waals surface area contributed by atoms with Gasteiger partial charge in [0.15, 0.2) is 0 Å². The van der Waals surface area contributed by atoms with Crippen LogP contribution in [0.2, 0.25) is 0 Å². The lowest BCUT2D eigenvalue weighted by molar-refractivity contribution is -0.141. The van der Waals surface area contributed by atoms with E-state index in [0.29, 0.717) is 23.0 Å². The summed E-state index contributed by atoms with van der Waals surface area (Å²) in [7, 11) is 0. The molecule has 4 nitrogen and oxygen atoms in total. The molecule has 0 spiro atoms. The van der Waals surface area contributed by atoms with Crippen molar-refractivity contribution in [2.75, 3.05) is 13.1 Å². The molecule has 1 N–H and O–H groups in total. The van der Waals surface area contributed by atoms with Gasteiger partial charge >= 0.3 is 5.97 Å². The quantitative estimate of drug-likeness (QED) is 0.923. The molecule has 6 heteroatoms. The number of benzene rings is 1. The predicted octanol–water partition coefficient (Wildman–Crippen LogP) is 2.06. The van der Waals surface area contributed by atoms with Gasteiger partial charge in [-0.15, -0.1) is 0 Å². The van der Waals surface area contributed by atoms with Crippen LogP contribution in [0, 0.1) is 11.7 Å². The Bertz CT molecular complexity index is 521. The SMILES string of the molecule is O=C(O)C1CCN(C(=O)Cc2cc(F)ccc2Br)C1. The highest BCUT2D eigenvalue weighted by Gasteiger charge is 2.30. The molecule has 0 aliphatic carbocycles. The van der Waals surface area contributed by atoms with E-state index >= 15 is 0 Å². The molecule has 102 valence electrons. The number of aliphatic carboxylic acids is 1. The van der Waals surface area contributed by atoms with Crippen molar-refractivity contribution in [3.63, 3.8) is 0 Å². The minimum Gasteiger partial charge on any atom is -0.481 e. The summed E-state index contributed by atoms with van der Waals surface area (Å²) in [5, 5.41) is 8.89. The third-order valence-corrected chi connectivity index (χ3v) is 4.01. The van der Waals surface area contributed by atoms with Gasteiger partial charge < -0.3 is 10.0 Å². The monoisotopic (exact) mass is 329 g/mol. The van der Waals surface area contributed by atoms with Crippen molar-refractivity contribution < 1.29 is 19.1 Å². The Labute approximate surface area is 118 Å². The Kier molecular flexibility index (Phi) is 4.19. The third kappa shape index (κ3) is 3.32. The molecule has 1 heterocycles. The molecule has 19 heavy (non-hydrogen) atoms. The third-order valence-electron chi connectivity index (χ3n) is 3.24. The average molecular weight is 330 g/mol. The first kappa shape index (κ1) is 14.0. The number of carbonyl (C=O) groups excluding carboxylic acids is 1. The number of carbonyl (C=O) groups is 2. The second-order valence-corrected chi connectivity index (χ2v) is 5.43. The van der Waals surface area contributed by atoms with Crippen molar-refractivity contribution >= 4 is 27.8 Å². The van der Waals surface area contributed by atoms with Crippen LogP contribution in [0.5, 0.6) is 0 Å². The second kappa shape index (κ2) is 5.69. The Morgan fingerprint density at radius 3 is 2.84 bits per heavy atom. The van der Waals surface area contributed by atoms with Crippen LogP contribution in [0.3, 0.4) is 0 Å². The van der Waals surface area contributed by atoms with Crippen LogP contribution in [0.1, 0.15) is 12.0 Å². The maximum atomic E-state index is 13.1. The lowest BCUT2D eigenvalue weighted by atomic mass is 10.1. The molecular weight excluding hydrogens is 317 g/mol. The van der Waals surface area contributed by atoms with Crippen molar-refractivity contribution in [1.82, 2.24) is 4.90 Å². The van der Waals surface area contributed by atoms with Crippen molar-refractivity contribution in [2.24, 2.45) is 5.92 Å². The fourth-order valence-corrected chi connectivity index (χ4v) is 2.53. The molecule has 0 saturated carbocycles. The summed E-state index contributed by atoms with van der Waals surface area (Å²) in [5.41, 5.74) is 0.573. The molecular formula is C13H13BrFNO3. The van der Waals surface area contributed by atoms with Gasteiger partial charge in [-0.25, -0.2) is 4.39 Å². The van der Waals surface area contributed by atoms with Crippen LogP contribution in [0.4, 0.5) is 4.39 Å². The fraction of sp³-hybridized carbons (Fsp3) is 0.385. The molecule has 1 aliphatic rings. The maximum absolute atomic E-state index is 13.1. The lowest BCUT2D eigenvalue weighted by Crippen LogP contribution is -2.31. The average Bonchev–Trinajstić information content (AvgIpc) is 2.83. The minimum atomic E-state index is -0.873. The van der Waals surface area contributed by atoms with E-state index in [9.17, 15) is 14.0 Å². The second-order valence-electron chi connectivity index (χ2n) is 4.58. The number of nitrogens with zero attached hydrogens (tertiary/aromatic N) is 1. The van der Waals surface area contributed by atoms with Crippen LogP contribution in [-0.4, -0.2) is 35.0 Å². The van der Waals surface area contributed by atoms with Crippen molar-refractivity contribution in [3.05, 3.63) is 34.1 Å². The standard InChI is InChI=1S/C13H13BrFNO3/c14-11-2-1-10(15)5-9(11)6-12(17)16-4-3-8(7-16)13(18)19/h1-2,5,8H,3-4,6-7H2,(H,18,19). The molecule has 0 radical (unpaired) electrons. The predicted molar refractivity (Wildman–Crippen MR) is 70.1 cm³/mol. The highest BCUT2D eigenvalue weighted by molar-refractivity contribution is 9.10. The Balaban J connectivity index is 2.02. The van der Waals surface area contributed by atoms with Crippen molar-refractivity contribution in [2.45, 2.75) is 12.8 Å². The largest absolute Gasteiger partial charge is 0.481 e. The van der Waals surface area contributed by atoms with Crippen LogP contribution in [-0.2, 0) is 16.0 Å². The molecule has 1 saturated heterocycles. The van der Waals surface area contributed by atoms with E-state index in [-0.39, 0.29) is 18.9 Å². The van der Waals surface area contributed by atoms with E-state index in [4.69, 9.17) is 5.11 Å². The molecule has 1 amide bonds. The molecule has 1 atom stereocenters. The van der Waals surface area contributed by atoms with E-state index in [1.165, 1.54) is 17.0 Å².